The van der Waals surface area contributed by atoms with Gasteiger partial charge in [-0.15, -0.1) is 0 Å². The fourth-order valence-electron chi connectivity index (χ4n) is 2.98. The zero-order chi connectivity index (χ0) is 21.6. The Morgan fingerprint density at radius 1 is 0.933 bits per heavy atom. The van der Waals surface area contributed by atoms with Crippen molar-refractivity contribution in [1.82, 2.24) is 4.72 Å². The van der Waals surface area contributed by atoms with Crippen LogP contribution in [-0.4, -0.2) is 14.3 Å². The van der Waals surface area contributed by atoms with Gasteiger partial charge >= 0.3 is 0 Å². The molecule has 0 saturated carbocycles. The Kier molecular flexibility index (Phi) is 7.26. The molecule has 2 N–H and O–H groups in total. The highest BCUT2D eigenvalue weighted by molar-refractivity contribution is 7.89. The lowest BCUT2D eigenvalue weighted by molar-refractivity contribution is -0.116. The van der Waals surface area contributed by atoms with E-state index in [0.717, 1.165) is 11.1 Å². The van der Waals surface area contributed by atoms with E-state index in [1.54, 1.807) is 55.5 Å². The summed E-state index contributed by atoms with van der Waals surface area (Å²) in [7, 11) is -3.65. The Bertz CT molecular complexity index is 1100. The molecule has 0 aliphatic heterocycles. The quantitative estimate of drug-likeness (QED) is 0.518. The molecule has 1 amide bonds. The topological polar surface area (TPSA) is 75.3 Å². The summed E-state index contributed by atoms with van der Waals surface area (Å²) in [5.74, 6) is -0.154. The minimum atomic E-state index is -3.65. The number of rotatable bonds is 8. The van der Waals surface area contributed by atoms with Crippen LogP contribution in [0.4, 0.5) is 5.69 Å². The fraction of sp³-hybridized carbons (Fsp3) is 0.174. The van der Waals surface area contributed by atoms with Crippen LogP contribution in [0.1, 0.15) is 30.5 Å². The van der Waals surface area contributed by atoms with E-state index in [1.807, 2.05) is 30.3 Å². The van der Waals surface area contributed by atoms with Gasteiger partial charge in [0.2, 0.25) is 15.9 Å². The van der Waals surface area contributed by atoms with Gasteiger partial charge in [0.25, 0.3) is 0 Å². The van der Waals surface area contributed by atoms with E-state index in [9.17, 15) is 13.2 Å². The van der Waals surface area contributed by atoms with Gasteiger partial charge in [-0.3, -0.25) is 4.79 Å². The van der Waals surface area contributed by atoms with E-state index in [1.165, 1.54) is 0 Å². The van der Waals surface area contributed by atoms with Crippen LogP contribution < -0.4 is 10.0 Å². The van der Waals surface area contributed by atoms with Gasteiger partial charge in [-0.05, 0) is 48.7 Å². The molecule has 0 heterocycles. The Labute approximate surface area is 182 Å². The minimum absolute atomic E-state index is 0.154. The maximum atomic E-state index is 12.6. The van der Waals surface area contributed by atoms with Gasteiger partial charge in [0.05, 0.1) is 15.6 Å². The molecule has 3 aromatic rings. The zero-order valence-corrected chi connectivity index (χ0v) is 18.1. The van der Waals surface area contributed by atoms with E-state index < -0.39 is 10.0 Å². The number of halogens is 1. The summed E-state index contributed by atoms with van der Waals surface area (Å²) < 4.78 is 28.0. The van der Waals surface area contributed by atoms with Crippen molar-refractivity contribution in [3.8, 4) is 0 Å². The summed E-state index contributed by atoms with van der Waals surface area (Å²) >= 11 is 6.04. The maximum absolute atomic E-state index is 12.6. The SMILES string of the molecule is C[C@@H](NS(=O)(=O)c1ccc(CCC(=O)Nc2ccccc2Cl)cc1)c1ccccc1. The fourth-order valence-corrected chi connectivity index (χ4v) is 4.39. The average molecular weight is 443 g/mol. The van der Waals surface area contributed by atoms with E-state index in [-0.39, 0.29) is 23.3 Å². The van der Waals surface area contributed by atoms with Crippen molar-refractivity contribution in [2.75, 3.05) is 5.32 Å². The Morgan fingerprint density at radius 2 is 1.57 bits per heavy atom. The molecule has 5 nitrogen and oxygen atoms in total. The highest BCUT2D eigenvalue weighted by Crippen LogP contribution is 2.21. The number of nitrogens with one attached hydrogen (secondary N) is 2. The third-order valence-electron chi connectivity index (χ3n) is 4.65. The molecule has 0 aliphatic carbocycles. The smallest absolute Gasteiger partial charge is 0.241 e. The number of carbonyl (C=O) groups is 1. The molecular formula is C23H23ClN2O3S. The van der Waals surface area contributed by atoms with Gasteiger partial charge in [-0.2, -0.15) is 0 Å². The third-order valence-corrected chi connectivity index (χ3v) is 6.54. The predicted molar refractivity (Wildman–Crippen MR) is 120 cm³/mol. The first-order valence-electron chi connectivity index (χ1n) is 9.56. The molecule has 0 aromatic heterocycles. The molecule has 0 aliphatic rings. The number of sulfonamides is 1. The second-order valence-electron chi connectivity index (χ2n) is 6.93. The molecule has 3 aromatic carbocycles. The number of benzene rings is 3. The van der Waals surface area contributed by atoms with Gasteiger partial charge in [-0.1, -0.05) is 66.2 Å². The largest absolute Gasteiger partial charge is 0.325 e. The molecule has 0 spiro atoms. The molecule has 0 fully saturated rings. The summed E-state index contributed by atoms with van der Waals surface area (Å²) in [6.45, 7) is 1.80. The number of carbonyl (C=O) groups excluding carboxylic acids is 1. The number of anilines is 1. The monoisotopic (exact) mass is 442 g/mol. The zero-order valence-electron chi connectivity index (χ0n) is 16.5. The van der Waals surface area contributed by atoms with Gasteiger partial charge in [0, 0.05) is 12.5 Å². The Balaban J connectivity index is 1.57. The standard InChI is InChI=1S/C23H23ClN2O3S/c1-17(19-7-3-2-4-8-19)26-30(28,29)20-14-11-18(12-15-20)13-16-23(27)25-22-10-6-5-9-21(22)24/h2-12,14-15,17,26H,13,16H2,1H3,(H,25,27)/t17-/m1/s1. The molecule has 30 heavy (non-hydrogen) atoms. The van der Waals surface area contributed by atoms with Crippen molar-refractivity contribution in [3.63, 3.8) is 0 Å². The summed E-state index contributed by atoms with van der Waals surface area (Å²) in [6.07, 6.45) is 0.755. The van der Waals surface area contributed by atoms with Crippen molar-refractivity contribution in [3.05, 3.63) is 95.0 Å². The second-order valence-corrected chi connectivity index (χ2v) is 9.05. The van der Waals surface area contributed by atoms with Crippen LogP contribution in [0, 0.1) is 0 Å². The number of aryl methyl sites for hydroxylation is 1. The average Bonchev–Trinajstić information content (AvgIpc) is 2.74. The van der Waals surface area contributed by atoms with Crippen LogP contribution in [0.2, 0.25) is 5.02 Å². The van der Waals surface area contributed by atoms with Gasteiger partial charge in [0.1, 0.15) is 0 Å². The molecule has 7 heteroatoms. The van der Waals surface area contributed by atoms with E-state index >= 15 is 0 Å². The van der Waals surface area contributed by atoms with E-state index in [4.69, 9.17) is 11.6 Å². The number of para-hydroxylation sites is 1. The predicted octanol–water partition coefficient (Wildman–Crippen LogP) is 4.95. The number of hydrogen-bond donors (Lipinski definition) is 2. The summed E-state index contributed by atoms with van der Waals surface area (Å²) in [5, 5.41) is 3.26. The molecule has 156 valence electrons. The van der Waals surface area contributed by atoms with Crippen LogP contribution in [-0.2, 0) is 21.2 Å². The molecule has 0 unspecified atom stereocenters. The number of amides is 1. The van der Waals surface area contributed by atoms with Gasteiger partial charge in [-0.25, -0.2) is 13.1 Å². The van der Waals surface area contributed by atoms with Crippen LogP contribution in [0.5, 0.6) is 0 Å². The van der Waals surface area contributed by atoms with Crippen LogP contribution in [0.15, 0.2) is 83.8 Å². The van der Waals surface area contributed by atoms with E-state index in [0.29, 0.717) is 17.1 Å². The molecular weight excluding hydrogens is 420 g/mol. The highest BCUT2D eigenvalue weighted by atomic mass is 35.5. The minimum Gasteiger partial charge on any atom is -0.325 e. The molecule has 1 atom stereocenters. The first kappa shape index (κ1) is 22.0. The molecule has 0 saturated heterocycles. The van der Waals surface area contributed by atoms with Gasteiger partial charge < -0.3 is 5.32 Å². The highest BCUT2D eigenvalue weighted by Gasteiger charge is 2.18. The molecule has 0 bridgehead atoms. The van der Waals surface area contributed by atoms with Crippen LogP contribution >= 0.6 is 11.6 Å². The summed E-state index contributed by atoms with van der Waals surface area (Å²) in [6, 6.07) is 22.7. The first-order valence-corrected chi connectivity index (χ1v) is 11.4. The summed E-state index contributed by atoms with van der Waals surface area (Å²) in [5.41, 5.74) is 2.34. The normalized spacial score (nSPS) is 12.3. The van der Waals surface area contributed by atoms with Crippen molar-refractivity contribution in [2.45, 2.75) is 30.7 Å². The Morgan fingerprint density at radius 3 is 2.23 bits per heavy atom. The van der Waals surface area contributed by atoms with Crippen molar-refractivity contribution >= 4 is 33.2 Å². The molecule has 0 radical (unpaired) electrons. The number of hydrogen-bond acceptors (Lipinski definition) is 3. The van der Waals surface area contributed by atoms with Crippen molar-refractivity contribution < 1.29 is 13.2 Å². The van der Waals surface area contributed by atoms with E-state index in [2.05, 4.69) is 10.0 Å². The molecule has 3 rings (SSSR count). The van der Waals surface area contributed by atoms with Crippen LogP contribution in [0.25, 0.3) is 0 Å². The lowest BCUT2D eigenvalue weighted by atomic mass is 10.1. The Hall–Kier alpha value is -2.67. The lowest BCUT2D eigenvalue weighted by Crippen LogP contribution is -2.26. The van der Waals surface area contributed by atoms with Gasteiger partial charge in [0.15, 0.2) is 0 Å². The van der Waals surface area contributed by atoms with Crippen LogP contribution in [0.3, 0.4) is 0 Å². The second kappa shape index (κ2) is 9.89. The first-order chi connectivity index (χ1) is 14.3. The summed E-state index contributed by atoms with van der Waals surface area (Å²) in [4.78, 5) is 12.3. The maximum Gasteiger partial charge on any atom is 0.241 e. The lowest BCUT2D eigenvalue weighted by Gasteiger charge is -2.15. The third kappa shape index (κ3) is 5.92. The van der Waals surface area contributed by atoms with Crippen molar-refractivity contribution in [1.29, 1.82) is 0 Å². The van der Waals surface area contributed by atoms with Crippen molar-refractivity contribution in [2.24, 2.45) is 0 Å².